The number of aromatic nitrogens is 2. The van der Waals surface area contributed by atoms with Crippen molar-refractivity contribution in [3.05, 3.63) is 53.3 Å². The maximum Gasteiger partial charge on any atom is 0.335 e. The second-order valence-electron chi connectivity index (χ2n) is 4.45. The van der Waals surface area contributed by atoms with Gasteiger partial charge in [0.05, 0.1) is 11.8 Å². The molecule has 5 nitrogen and oxygen atoms in total. The number of hydrogen-bond acceptors (Lipinski definition) is 3. The lowest BCUT2D eigenvalue weighted by atomic mass is 10.1. The summed E-state index contributed by atoms with van der Waals surface area (Å²) in [6, 6.07) is 6.98. The van der Waals surface area contributed by atoms with E-state index in [0.29, 0.717) is 12.1 Å². The van der Waals surface area contributed by atoms with Crippen LogP contribution in [-0.4, -0.2) is 27.4 Å². The van der Waals surface area contributed by atoms with Crippen LogP contribution in [0.3, 0.4) is 0 Å². The molecule has 1 aromatic carbocycles. The Morgan fingerprint density at radius 3 is 2.95 bits per heavy atom. The number of rotatable bonds is 6. The fourth-order valence-electron chi connectivity index (χ4n) is 1.88. The van der Waals surface area contributed by atoms with Gasteiger partial charge in [-0.15, -0.1) is 0 Å². The first-order chi connectivity index (χ1) is 9.15. The Morgan fingerprint density at radius 1 is 1.42 bits per heavy atom. The molecule has 0 aliphatic heterocycles. The standard InChI is InChI=1S/C14H17N3O2/c1-17-10-12(9-16-17)5-6-15-8-11-3-2-4-13(7-11)14(18)19/h2-4,7,9-10,15H,5-6,8H2,1H3,(H,18,19). The molecule has 0 amide bonds. The molecule has 5 heteroatoms. The maximum absolute atomic E-state index is 10.8. The largest absolute Gasteiger partial charge is 0.478 e. The van der Waals surface area contributed by atoms with Gasteiger partial charge in [-0.3, -0.25) is 4.68 Å². The van der Waals surface area contributed by atoms with Crippen molar-refractivity contribution in [2.75, 3.05) is 6.54 Å². The van der Waals surface area contributed by atoms with E-state index in [-0.39, 0.29) is 0 Å². The van der Waals surface area contributed by atoms with E-state index < -0.39 is 5.97 Å². The fraction of sp³-hybridized carbons (Fsp3) is 0.286. The molecule has 1 aromatic heterocycles. The number of carboxylic acids is 1. The minimum atomic E-state index is -0.891. The van der Waals surface area contributed by atoms with E-state index in [1.807, 2.05) is 25.5 Å². The summed E-state index contributed by atoms with van der Waals surface area (Å²) in [5.74, 6) is -0.891. The molecule has 0 fully saturated rings. The van der Waals surface area contributed by atoms with Crippen LogP contribution >= 0.6 is 0 Å². The van der Waals surface area contributed by atoms with E-state index >= 15 is 0 Å². The molecule has 0 atom stereocenters. The predicted octanol–water partition coefficient (Wildman–Crippen LogP) is 1.45. The smallest absolute Gasteiger partial charge is 0.335 e. The number of carboxylic acid groups (broad SMARTS) is 1. The lowest BCUT2D eigenvalue weighted by Crippen LogP contribution is -2.16. The van der Waals surface area contributed by atoms with Crippen LogP contribution in [0.2, 0.25) is 0 Å². The summed E-state index contributed by atoms with van der Waals surface area (Å²) in [7, 11) is 1.90. The van der Waals surface area contributed by atoms with Gasteiger partial charge in [-0.2, -0.15) is 5.10 Å². The van der Waals surface area contributed by atoms with Gasteiger partial charge < -0.3 is 10.4 Å². The molecule has 0 unspecified atom stereocenters. The molecule has 100 valence electrons. The van der Waals surface area contributed by atoms with E-state index in [9.17, 15) is 4.79 Å². The average Bonchev–Trinajstić information content (AvgIpc) is 2.81. The Hall–Kier alpha value is -2.14. The van der Waals surface area contributed by atoms with Gasteiger partial charge in [-0.25, -0.2) is 4.79 Å². The quantitative estimate of drug-likeness (QED) is 0.771. The van der Waals surface area contributed by atoms with Crippen molar-refractivity contribution in [3.63, 3.8) is 0 Å². The van der Waals surface area contributed by atoms with E-state index in [0.717, 1.165) is 18.5 Å². The van der Waals surface area contributed by atoms with Crippen molar-refractivity contribution < 1.29 is 9.90 Å². The zero-order chi connectivity index (χ0) is 13.7. The molecule has 2 aromatic rings. The highest BCUT2D eigenvalue weighted by atomic mass is 16.4. The second-order valence-corrected chi connectivity index (χ2v) is 4.45. The van der Waals surface area contributed by atoms with Crippen LogP contribution in [0.25, 0.3) is 0 Å². The van der Waals surface area contributed by atoms with Crippen LogP contribution in [0.15, 0.2) is 36.7 Å². The first-order valence-electron chi connectivity index (χ1n) is 6.15. The summed E-state index contributed by atoms with van der Waals surface area (Å²) >= 11 is 0. The predicted molar refractivity (Wildman–Crippen MR) is 72.0 cm³/mol. The molecule has 19 heavy (non-hydrogen) atoms. The van der Waals surface area contributed by atoms with Gasteiger partial charge >= 0.3 is 5.97 Å². The zero-order valence-corrected chi connectivity index (χ0v) is 10.8. The molecular formula is C14H17N3O2. The lowest BCUT2D eigenvalue weighted by Gasteiger charge is -2.05. The van der Waals surface area contributed by atoms with Crippen molar-refractivity contribution in [2.45, 2.75) is 13.0 Å². The van der Waals surface area contributed by atoms with Crippen LogP contribution in [0.4, 0.5) is 0 Å². The number of aryl methyl sites for hydroxylation is 1. The fourth-order valence-corrected chi connectivity index (χ4v) is 1.88. The van der Waals surface area contributed by atoms with Crippen molar-refractivity contribution in [1.82, 2.24) is 15.1 Å². The third kappa shape index (κ3) is 3.93. The first-order valence-corrected chi connectivity index (χ1v) is 6.15. The molecule has 0 saturated carbocycles. The van der Waals surface area contributed by atoms with Crippen molar-refractivity contribution in [2.24, 2.45) is 7.05 Å². The number of benzene rings is 1. The number of nitrogens with zero attached hydrogens (tertiary/aromatic N) is 2. The average molecular weight is 259 g/mol. The van der Waals surface area contributed by atoms with Crippen LogP contribution < -0.4 is 5.32 Å². The second kappa shape index (κ2) is 6.15. The van der Waals surface area contributed by atoms with Crippen LogP contribution in [0, 0.1) is 0 Å². The van der Waals surface area contributed by atoms with Crippen molar-refractivity contribution in [3.8, 4) is 0 Å². The Kier molecular flexibility index (Phi) is 4.30. The molecule has 0 aliphatic rings. The number of aromatic carboxylic acids is 1. The van der Waals surface area contributed by atoms with Gasteiger partial charge in [0, 0.05) is 19.8 Å². The summed E-state index contributed by atoms with van der Waals surface area (Å²) in [6.45, 7) is 1.50. The Bertz CT molecular complexity index is 563. The number of carbonyl (C=O) groups is 1. The number of nitrogens with one attached hydrogen (secondary N) is 1. The van der Waals surface area contributed by atoms with Gasteiger partial charge in [-0.05, 0) is 36.2 Å². The van der Waals surface area contributed by atoms with Gasteiger partial charge in [0.25, 0.3) is 0 Å². The summed E-state index contributed by atoms with van der Waals surface area (Å²) in [5, 5.41) is 16.3. The first kappa shape index (κ1) is 13.3. The molecule has 2 N–H and O–H groups in total. The molecule has 1 heterocycles. The normalized spacial score (nSPS) is 10.6. The Morgan fingerprint density at radius 2 is 2.26 bits per heavy atom. The molecule has 0 saturated heterocycles. The minimum Gasteiger partial charge on any atom is -0.478 e. The van der Waals surface area contributed by atoms with Gasteiger partial charge in [0.2, 0.25) is 0 Å². The molecule has 0 bridgehead atoms. The monoisotopic (exact) mass is 259 g/mol. The third-order valence-corrected chi connectivity index (χ3v) is 2.85. The van der Waals surface area contributed by atoms with Gasteiger partial charge in [0.1, 0.15) is 0 Å². The molecule has 0 radical (unpaired) electrons. The van der Waals surface area contributed by atoms with Gasteiger partial charge in [0.15, 0.2) is 0 Å². The lowest BCUT2D eigenvalue weighted by molar-refractivity contribution is 0.0696. The van der Waals surface area contributed by atoms with Crippen LogP contribution in [0.1, 0.15) is 21.5 Å². The Balaban J connectivity index is 1.79. The number of hydrogen-bond donors (Lipinski definition) is 2. The van der Waals surface area contributed by atoms with Crippen LogP contribution in [-0.2, 0) is 20.0 Å². The van der Waals surface area contributed by atoms with Crippen molar-refractivity contribution >= 4 is 5.97 Å². The molecule has 0 spiro atoms. The SMILES string of the molecule is Cn1cc(CCNCc2cccc(C(=O)O)c2)cn1. The maximum atomic E-state index is 10.8. The van der Waals surface area contributed by atoms with Gasteiger partial charge in [-0.1, -0.05) is 12.1 Å². The summed E-state index contributed by atoms with van der Waals surface area (Å²) < 4.78 is 1.78. The molecule has 0 aliphatic carbocycles. The summed E-state index contributed by atoms with van der Waals surface area (Å²) in [5.41, 5.74) is 2.49. The minimum absolute atomic E-state index is 0.326. The zero-order valence-electron chi connectivity index (χ0n) is 10.8. The molecular weight excluding hydrogens is 242 g/mol. The summed E-state index contributed by atoms with van der Waals surface area (Å²) in [4.78, 5) is 10.8. The van der Waals surface area contributed by atoms with E-state index in [1.165, 1.54) is 5.56 Å². The third-order valence-electron chi connectivity index (χ3n) is 2.85. The van der Waals surface area contributed by atoms with Crippen molar-refractivity contribution in [1.29, 1.82) is 0 Å². The summed E-state index contributed by atoms with van der Waals surface area (Å²) in [6.07, 6.45) is 4.76. The molecule has 2 rings (SSSR count). The van der Waals surface area contributed by atoms with E-state index in [2.05, 4.69) is 10.4 Å². The topological polar surface area (TPSA) is 67.2 Å². The van der Waals surface area contributed by atoms with E-state index in [4.69, 9.17) is 5.11 Å². The van der Waals surface area contributed by atoms with Crippen LogP contribution in [0.5, 0.6) is 0 Å². The van der Waals surface area contributed by atoms with E-state index in [1.54, 1.807) is 22.9 Å². The Labute approximate surface area is 111 Å². The highest BCUT2D eigenvalue weighted by Crippen LogP contribution is 2.05. The highest BCUT2D eigenvalue weighted by Gasteiger charge is 2.02. The highest BCUT2D eigenvalue weighted by molar-refractivity contribution is 5.87.